The van der Waals surface area contributed by atoms with Crippen molar-refractivity contribution in [2.75, 3.05) is 13.2 Å². The van der Waals surface area contributed by atoms with Crippen LogP contribution in [-0.2, 0) is 27.2 Å². The number of unbranched alkanes of at least 4 members (excludes halogenated alkanes) is 2. The molecule has 35 heavy (non-hydrogen) atoms. The third kappa shape index (κ3) is 6.83. The first-order chi connectivity index (χ1) is 16.8. The number of aliphatic carboxylic acids is 1. The minimum absolute atomic E-state index is 0.155. The first kappa shape index (κ1) is 26.2. The van der Waals surface area contributed by atoms with E-state index in [0.717, 1.165) is 48.6 Å². The molecule has 1 unspecified atom stereocenters. The van der Waals surface area contributed by atoms with E-state index < -0.39 is 12.0 Å². The fraction of sp³-hybridized carbons (Fsp3) is 0.538. The molecule has 0 bridgehead atoms. The van der Waals surface area contributed by atoms with Crippen molar-refractivity contribution in [2.24, 2.45) is 0 Å². The summed E-state index contributed by atoms with van der Waals surface area (Å²) >= 11 is 0. The number of nitrogens with one attached hydrogen (secondary N) is 2. The Balaban J connectivity index is 1.41. The van der Waals surface area contributed by atoms with Crippen molar-refractivity contribution in [3.05, 3.63) is 39.2 Å². The molecule has 1 aromatic heterocycles. The number of hydrogen-bond donors (Lipinski definition) is 3. The van der Waals surface area contributed by atoms with E-state index in [2.05, 4.69) is 10.6 Å². The van der Waals surface area contributed by atoms with Gasteiger partial charge in [-0.3, -0.25) is 9.59 Å². The summed E-state index contributed by atoms with van der Waals surface area (Å²) in [5, 5.41) is 15.2. The lowest BCUT2D eigenvalue weighted by atomic mass is 9.90. The average Bonchev–Trinajstić information content (AvgIpc) is 2.84. The molecule has 2 amide bonds. The van der Waals surface area contributed by atoms with Gasteiger partial charge in [0, 0.05) is 29.5 Å². The summed E-state index contributed by atoms with van der Waals surface area (Å²) in [6.45, 7) is 3.83. The number of hydrogen-bond acceptors (Lipinski definition) is 6. The molecule has 2 aromatic rings. The van der Waals surface area contributed by atoms with E-state index in [9.17, 15) is 19.2 Å². The molecule has 0 saturated heterocycles. The Kier molecular flexibility index (Phi) is 9.28. The molecule has 1 heterocycles. The monoisotopic (exact) mass is 486 g/mol. The number of carboxylic acid groups (broad SMARTS) is 1. The van der Waals surface area contributed by atoms with Crippen molar-refractivity contribution in [1.29, 1.82) is 0 Å². The largest absolute Gasteiger partial charge is 0.483 e. The van der Waals surface area contributed by atoms with E-state index in [1.807, 2.05) is 19.1 Å². The van der Waals surface area contributed by atoms with Gasteiger partial charge in [0.15, 0.2) is 6.61 Å². The van der Waals surface area contributed by atoms with Crippen LogP contribution in [0.15, 0.2) is 21.3 Å². The summed E-state index contributed by atoms with van der Waals surface area (Å²) in [5.74, 6) is -1.07. The van der Waals surface area contributed by atoms with Crippen LogP contribution in [0.25, 0.3) is 11.0 Å². The smallest absolute Gasteiger partial charge is 0.339 e. The molecule has 3 rings (SSSR count). The second kappa shape index (κ2) is 12.4. The third-order valence-corrected chi connectivity index (χ3v) is 6.39. The van der Waals surface area contributed by atoms with Gasteiger partial charge < -0.3 is 24.9 Å². The molecule has 0 fully saturated rings. The van der Waals surface area contributed by atoms with Crippen molar-refractivity contribution in [3.63, 3.8) is 0 Å². The van der Waals surface area contributed by atoms with Gasteiger partial charge in [-0.25, -0.2) is 9.59 Å². The first-order valence-corrected chi connectivity index (χ1v) is 12.3. The zero-order valence-electron chi connectivity index (χ0n) is 20.4. The van der Waals surface area contributed by atoms with Gasteiger partial charge in [-0.15, -0.1) is 0 Å². The second-order valence-corrected chi connectivity index (χ2v) is 8.93. The fourth-order valence-corrected chi connectivity index (χ4v) is 4.40. The number of aryl methyl sites for hydroxylation is 2. The normalized spacial score (nSPS) is 13.7. The molecule has 1 aliphatic carbocycles. The number of carbonyl (C=O) groups excluding carboxylic acids is 2. The number of amides is 2. The van der Waals surface area contributed by atoms with Crippen molar-refractivity contribution >= 4 is 28.8 Å². The predicted molar refractivity (Wildman–Crippen MR) is 131 cm³/mol. The van der Waals surface area contributed by atoms with Crippen molar-refractivity contribution in [3.8, 4) is 5.75 Å². The molecule has 3 N–H and O–H groups in total. The molecular weight excluding hydrogens is 452 g/mol. The SMILES string of the molecule is CCC(NC(=O)CCCCCNC(=O)COc1ccc2c3c(c(=O)oc2c1C)CCCC3)C(=O)O. The minimum Gasteiger partial charge on any atom is -0.483 e. The molecule has 0 saturated carbocycles. The van der Waals surface area contributed by atoms with Crippen molar-refractivity contribution in [1.82, 2.24) is 10.6 Å². The Hall–Kier alpha value is -3.36. The highest BCUT2D eigenvalue weighted by atomic mass is 16.5. The fourth-order valence-electron chi connectivity index (χ4n) is 4.40. The van der Waals surface area contributed by atoms with E-state index in [-0.39, 0.29) is 30.5 Å². The van der Waals surface area contributed by atoms with Crippen molar-refractivity contribution in [2.45, 2.75) is 77.7 Å². The number of ether oxygens (including phenoxy) is 1. The van der Waals surface area contributed by atoms with Crippen LogP contribution in [0.3, 0.4) is 0 Å². The highest BCUT2D eigenvalue weighted by molar-refractivity contribution is 5.86. The van der Waals surface area contributed by atoms with Crippen LogP contribution in [0.1, 0.15) is 68.6 Å². The summed E-state index contributed by atoms with van der Waals surface area (Å²) in [4.78, 5) is 47.3. The maximum atomic E-state index is 12.4. The Morgan fingerprint density at radius 1 is 1.09 bits per heavy atom. The van der Waals surface area contributed by atoms with Crippen LogP contribution in [0, 0.1) is 6.92 Å². The lowest BCUT2D eigenvalue weighted by Crippen LogP contribution is -2.40. The van der Waals surface area contributed by atoms with E-state index in [1.54, 1.807) is 6.92 Å². The molecule has 9 heteroatoms. The van der Waals surface area contributed by atoms with Crippen LogP contribution in [0.5, 0.6) is 5.75 Å². The summed E-state index contributed by atoms with van der Waals surface area (Å²) in [5.41, 5.74) is 2.79. The van der Waals surface area contributed by atoms with Crippen LogP contribution in [0.4, 0.5) is 0 Å². The maximum absolute atomic E-state index is 12.4. The van der Waals surface area contributed by atoms with E-state index in [4.69, 9.17) is 14.3 Å². The van der Waals surface area contributed by atoms with E-state index in [1.165, 1.54) is 0 Å². The standard InChI is InChI=1S/C26H34N2O7/c1-3-20(25(31)32)28-22(29)11-5-4-8-14-27-23(30)15-34-21-13-12-18-17-9-6-7-10-19(17)26(33)35-24(18)16(21)2/h12-13,20H,3-11,14-15H2,1-2H3,(H,27,30)(H,28,29)(H,31,32). The van der Waals surface area contributed by atoms with Crippen molar-refractivity contribution < 1.29 is 28.6 Å². The lowest BCUT2D eigenvalue weighted by molar-refractivity contribution is -0.141. The van der Waals surface area contributed by atoms with Gasteiger partial charge in [-0.2, -0.15) is 0 Å². The molecule has 0 aliphatic heterocycles. The van der Waals surface area contributed by atoms with E-state index >= 15 is 0 Å². The number of rotatable bonds is 12. The molecule has 9 nitrogen and oxygen atoms in total. The maximum Gasteiger partial charge on any atom is 0.339 e. The Morgan fingerprint density at radius 3 is 2.54 bits per heavy atom. The highest BCUT2D eigenvalue weighted by Crippen LogP contribution is 2.32. The van der Waals surface area contributed by atoms with Crippen LogP contribution >= 0.6 is 0 Å². The summed E-state index contributed by atoms with van der Waals surface area (Å²) in [7, 11) is 0. The Bertz CT molecular complexity index is 1140. The van der Waals surface area contributed by atoms with Gasteiger partial charge >= 0.3 is 11.6 Å². The molecule has 1 atom stereocenters. The lowest BCUT2D eigenvalue weighted by Gasteiger charge is -2.18. The summed E-state index contributed by atoms with van der Waals surface area (Å²) in [6, 6.07) is 2.87. The van der Waals surface area contributed by atoms with Gasteiger partial charge in [-0.1, -0.05) is 13.3 Å². The van der Waals surface area contributed by atoms with Crippen LogP contribution < -0.4 is 21.0 Å². The number of benzene rings is 1. The molecular formula is C26H34N2O7. The number of carboxylic acids is 1. The molecule has 0 spiro atoms. The van der Waals surface area contributed by atoms with Crippen LogP contribution in [-0.4, -0.2) is 42.1 Å². The second-order valence-electron chi connectivity index (χ2n) is 8.93. The van der Waals surface area contributed by atoms with Gasteiger partial charge in [-0.05, 0) is 69.6 Å². The first-order valence-electron chi connectivity index (χ1n) is 12.3. The Morgan fingerprint density at radius 2 is 1.83 bits per heavy atom. The topological polar surface area (TPSA) is 135 Å². The zero-order valence-corrected chi connectivity index (χ0v) is 20.4. The Labute approximate surface area is 204 Å². The van der Waals surface area contributed by atoms with Gasteiger partial charge in [0.05, 0.1) is 0 Å². The van der Waals surface area contributed by atoms with Gasteiger partial charge in [0.1, 0.15) is 17.4 Å². The molecule has 190 valence electrons. The number of carbonyl (C=O) groups is 3. The zero-order chi connectivity index (χ0) is 25.4. The quantitative estimate of drug-likeness (QED) is 0.310. The van der Waals surface area contributed by atoms with Crippen LogP contribution in [0.2, 0.25) is 0 Å². The van der Waals surface area contributed by atoms with E-state index in [0.29, 0.717) is 42.7 Å². The average molecular weight is 487 g/mol. The summed E-state index contributed by atoms with van der Waals surface area (Å²) < 4.78 is 11.3. The highest BCUT2D eigenvalue weighted by Gasteiger charge is 2.20. The van der Waals surface area contributed by atoms with Gasteiger partial charge in [0.2, 0.25) is 5.91 Å². The predicted octanol–water partition coefficient (Wildman–Crippen LogP) is 3.02. The number of fused-ring (bicyclic) bond motifs is 3. The molecule has 1 aromatic carbocycles. The minimum atomic E-state index is -1.03. The third-order valence-electron chi connectivity index (χ3n) is 6.39. The molecule has 1 aliphatic rings. The summed E-state index contributed by atoms with van der Waals surface area (Å²) in [6.07, 6.45) is 6.30. The van der Waals surface area contributed by atoms with Gasteiger partial charge in [0.25, 0.3) is 5.91 Å². The molecule has 0 radical (unpaired) electrons.